The maximum Gasteiger partial charge on any atom is 0.278 e. The lowest BCUT2D eigenvalue weighted by atomic mass is 10.1. The number of para-hydroxylation sites is 2. The topological polar surface area (TPSA) is 96.2 Å². The Morgan fingerprint density at radius 1 is 1.13 bits per heavy atom. The van der Waals surface area contributed by atoms with Gasteiger partial charge >= 0.3 is 0 Å². The first kappa shape index (κ1) is 19.3. The van der Waals surface area contributed by atoms with E-state index in [2.05, 4.69) is 20.6 Å². The summed E-state index contributed by atoms with van der Waals surface area (Å²) in [5, 5.41) is 10.5. The number of amides is 2. The van der Waals surface area contributed by atoms with Crippen molar-refractivity contribution in [2.75, 3.05) is 11.6 Å². The summed E-state index contributed by atoms with van der Waals surface area (Å²) in [6.45, 7) is 1.50. The Balaban J connectivity index is 1.31. The molecule has 2 heterocycles. The van der Waals surface area contributed by atoms with Gasteiger partial charge in [-0.2, -0.15) is 15.2 Å². The van der Waals surface area contributed by atoms with Crippen molar-refractivity contribution < 1.29 is 14.3 Å². The Bertz CT molecular complexity index is 1140. The zero-order valence-corrected chi connectivity index (χ0v) is 16.2. The summed E-state index contributed by atoms with van der Waals surface area (Å²) in [6.07, 6.45) is 1.37. The van der Waals surface area contributed by atoms with Crippen molar-refractivity contribution in [3.8, 4) is 5.88 Å². The minimum Gasteiger partial charge on any atom is -0.467 e. The molecule has 0 aliphatic carbocycles. The van der Waals surface area contributed by atoms with E-state index in [0.29, 0.717) is 17.3 Å². The van der Waals surface area contributed by atoms with Gasteiger partial charge in [-0.25, -0.2) is 10.4 Å². The van der Waals surface area contributed by atoms with Gasteiger partial charge < -0.3 is 4.74 Å². The summed E-state index contributed by atoms with van der Waals surface area (Å²) in [5.41, 5.74) is 4.42. The van der Waals surface area contributed by atoms with Crippen molar-refractivity contribution in [1.29, 1.82) is 0 Å². The fraction of sp³-hybridized carbons (Fsp3) is 0.136. The number of pyridine rings is 1. The van der Waals surface area contributed by atoms with Gasteiger partial charge in [0.2, 0.25) is 5.88 Å². The minimum absolute atomic E-state index is 0.228. The van der Waals surface area contributed by atoms with Crippen molar-refractivity contribution in [3.63, 3.8) is 0 Å². The standard InChI is InChI=1S/C22H19N5O3/c1-15-18(22(29)27(26-15)17-8-3-2-4-9-17)13-23-25-20(28)14-30-21-12-11-16-7-5-6-10-19(16)24-21/h2-13,18H,14H2,1H3,(H,25,28)/b23-13-/t18-/m1/s1. The summed E-state index contributed by atoms with van der Waals surface area (Å²) >= 11 is 0. The Kier molecular flexibility index (Phi) is 5.47. The van der Waals surface area contributed by atoms with E-state index in [-0.39, 0.29) is 12.5 Å². The first-order valence-electron chi connectivity index (χ1n) is 9.36. The molecule has 0 bridgehead atoms. The summed E-state index contributed by atoms with van der Waals surface area (Å²) < 4.78 is 5.42. The van der Waals surface area contributed by atoms with Gasteiger partial charge in [-0.3, -0.25) is 9.59 Å². The van der Waals surface area contributed by atoms with Crippen LogP contribution in [0.5, 0.6) is 5.88 Å². The number of aromatic nitrogens is 1. The molecule has 1 aliphatic heterocycles. The number of carbonyl (C=O) groups is 2. The number of anilines is 1. The van der Waals surface area contributed by atoms with E-state index < -0.39 is 11.8 Å². The molecule has 0 fully saturated rings. The molecule has 0 radical (unpaired) electrons. The average Bonchev–Trinajstić information content (AvgIpc) is 3.06. The molecule has 2 amide bonds. The first-order valence-corrected chi connectivity index (χ1v) is 9.36. The Labute approximate surface area is 172 Å². The second kappa shape index (κ2) is 8.52. The number of nitrogens with one attached hydrogen (secondary N) is 1. The van der Waals surface area contributed by atoms with Crippen molar-refractivity contribution in [1.82, 2.24) is 10.4 Å². The predicted molar refractivity (Wildman–Crippen MR) is 114 cm³/mol. The van der Waals surface area contributed by atoms with E-state index >= 15 is 0 Å². The summed E-state index contributed by atoms with van der Waals surface area (Å²) in [4.78, 5) is 28.9. The number of rotatable bonds is 6. The minimum atomic E-state index is -0.631. The molecule has 3 aromatic rings. The lowest BCUT2D eigenvalue weighted by Crippen LogP contribution is -2.30. The summed E-state index contributed by atoms with van der Waals surface area (Å²) in [7, 11) is 0. The second-order valence-electron chi connectivity index (χ2n) is 6.65. The number of ether oxygens (including phenoxy) is 1. The van der Waals surface area contributed by atoms with Crippen LogP contribution in [0.25, 0.3) is 10.9 Å². The highest BCUT2D eigenvalue weighted by molar-refractivity contribution is 6.23. The fourth-order valence-electron chi connectivity index (χ4n) is 2.99. The molecule has 2 aromatic carbocycles. The number of hydrogen-bond acceptors (Lipinski definition) is 6. The van der Waals surface area contributed by atoms with Crippen molar-refractivity contribution in [3.05, 3.63) is 66.7 Å². The molecule has 8 nitrogen and oxygen atoms in total. The highest BCUT2D eigenvalue weighted by Gasteiger charge is 2.33. The van der Waals surface area contributed by atoms with E-state index in [1.165, 1.54) is 11.2 Å². The van der Waals surface area contributed by atoms with Crippen LogP contribution in [0.1, 0.15) is 6.92 Å². The largest absolute Gasteiger partial charge is 0.467 e. The monoisotopic (exact) mass is 401 g/mol. The van der Waals surface area contributed by atoms with Crippen LogP contribution in [-0.4, -0.2) is 35.3 Å². The second-order valence-corrected chi connectivity index (χ2v) is 6.65. The number of hydrazone groups is 2. The number of benzene rings is 2. The quantitative estimate of drug-likeness (QED) is 0.507. The molecule has 0 saturated heterocycles. The van der Waals surface area contributed by atoms with Crippen molar-refractivity contribution in [2.45, 2.75) is 6.92 Å². The van der Waals surface area contributed by atoms with Crippen LogP contribution >= 0.6 is 0 Å². The van der Waals surface area contributed by atoms with Crippen LogP contribution in [0.4, 0.5) is 5.69 Å². The number of fused-ring (bicyclic) bond motifs is 1. The van der Waals surface area contributed by atoms with Crippen LogP contribution in [0.2, 0.25) is 0 Å². The number of carbonyl (C=O) groups excluding carboxylic acids is 2. The maximum absolute atomic E-state index is 12.6. The molecule has 1 atom stereocenters. The van der Waals surface area contributed by atoms with Crippen LogP contribution in [0.3, 0.4) is 0 Å². The zero-order chi connectivity index (χ0) is 20.9. The lowest BCUT2D eigenvalue weighted by Gasteiger charge is -2.12. The molecule has 1 N–H and O–H groups in total. The molecule has 1 aliphatic rings. The highest BCUT2D eigenvalue weighted by atomic mass is 16.5. The zero-order valence-electron chi connectivity index (χ0n) is 16.2. The van der Waals surface area contributed by atoms with Gasteiger partial charge in [0, 0.05) is 17.7 Å². The Hall–Kier alpha value is -4.07. The van der Waals surface area contributed by atoms with E-state index in [4.69, 9.17) is 4.74 Å². The number of nitrogens with zero attached hydrogens (tertiary/aromatic N) is 4. The fourth-order valence-corrected chi connectivity index (χ4v) is 2.99. The molecule has 0 unspecified atom stereocenters. The average molecular weight is 401 g/mol. The van der Waals surface area contributed by atoms with E-state index in [1.807, 2.05) is 48.5 Å². The van der Waals surface area contributed by atoms with Gasteiger partial charge in [0.05, 0.1) is 16.9 Å². The summed E-state index contributed by atoms with van der Waals surface area (Å²) in [5.74, 6) is -0.969. The van der Waals surface area contributed by atoms with Gasteiger partial charge in [0.25, 0.3) is 11.8 Å². The van der Waals surface area contributed by atoms with E-state index in [0.717, 1.165) is 10.9 Å². The first-order chi connectivity index (χ1) is 14.6. The third kappa shape index (κ3) is 4.17. The predicted octanol–water partition coefficient (Wildman–Crippen LogP) is 2.75. The van der Waals surface area contributed by atoms with E-state index in [9.17, 15) is 9.59 Å². The lowest BCUT2D eigenvalue weighted by molar-refractivity contribution is -0.123. The molecule has 1 aromatic heterocycles. The van der Waals surface area contributed by atoms with Gasteiger partial charge in [-0.05, 0) is 31.2 Å². The molecular formula is C22H19N5O3. The van der Waals surface area contributed by atoms with Gasteiger partial charge in [-0.1, -0.05) is 36.4 Å². The SMILES string of the molecule is CC1=NN(c2ccccc2)C(=O)[C@@H]1/C=N\NC(=O)COc1ccc2ccccc2n1. The van der Waals surface area contributed by atoms with Gasteiger partial charge in [0.1, 0.15) is 5.92 Å². The van der Waals surface area contributed by atoms with Crippen LogP contribution in [0.15, 0.2) is 76.9 Å². The van der Waals surface area contributed by atoms with E-state index in [1.54, 1.807) is 25.1 Å². The van der Waals surface area contributed by atoms with Crippen molar-refractivity contribution in [2.24, 2.45) is 16.1 Å². The van der Waals surface area contributed by atoms with Crippen molar-refractivity contribution >= 4 is 40.3 Å². The summed E-state index contributed by atoms with van der Waals surface area (Å²) in [6, 6.07) is 20.3. The Morgan fingerprint density at radius 3 is 2.73 bits per heavy atom. The molecule has 30 heavy (non-hydrogen) atoms. The molecule has 150 valence electrons. The highest BCUT2D eigenvalue weighted by Crippen LogP contribution is 2.22. The van der Waals surface area contributed by atoms with Gasteiger partial charge in [0.15, 0.2) is 6.61 Å². The van der Waals surface area contributed by atoms with Crippen LogP contribution in [0, 0.1) is 5.92 Å². The van der Waals surface area contributed by atoms with Gasteiger partial charge in [-0.15, -0.1) is 0 Å². The molecule has 8 heteroatoms. The molecular weight excluding hydrogens is 382 g/mol. The van der Waals surface area contributed by atoms with Crippen LogP contribution < -0.4 is 15.2 Å². The Morgan fingerprint density at radius 2 is 1.90 bits per heavy atom. The molecule has 0 spiro atoms. The smallest absolute Gasteiger partial charge is 0.278 e. The molecule has 4 rings (SSSR count). The normalized spacial score (nSPS) is 16.2. The number of hydrogen-bond donors (Lipinski definition) is 1. The third-order valence-electron chi connectivity index (χ3n) is 4.52. The third-order valence-corrected chi connectivity index (χ3v) is 4.52. The van der Waals surface area contributed by atoms with Crippen LogP contribution in [-0.2, 0) is 9.59 Å². The maximum atomic E-state index is 12.6. The molecule has 0 saturated carbocycles.